The number of aromatic nitrogens is 1. The third-order valence-corrected chi connectivity index (χ3v) is 4.45. The summed E-state index contributed by atoms with van der Waals surface area (Å²) in [6.07, 6.45) is 8.35. The van der Waals surface area contributed by atoms with Crippen molar-refractivity contribution in [3.8, 4) is 6.07 Å². The Labute approximate surface area is 112 Å². The fourth-order valence-corrected chi connectivity index (χ4v) is 3.57. The Balaban J connectivity index is 1.96. The maximum atomic E-state index is 9.45. The summed E-state index contributed by atoms with van der Waals surface area (Å²) in [5.74, 6) is 0. The molecule has 2 rings (SSSR count). The van der Waals surface area contributed by atoms with Gasteiger partial charge in [-0.15, -0.1) is 0 Å². The van der Waals surface area contributed by atoms with Crippen molar-refractivity contribution in [2.45, 2.75) is 55.0 Å². The van der Waals surface area contributed by atoms with E-state index in [1.165, 1.54) is 0 Å². The fourth-order valence-electron chi connectivity index (χ4n) is 2.40. The number of nitrogens with zero attached hydrogens (tertiary/aromatic N) is 2. The molecule has 1 aromatic rings. The van der Waals surface area contributed by atoms with Crippen molar-refractivity contribution in [1.82, 2.24) is 10.3 Å². The molecule has 1 saturated carbocycles. The van der Waals surface area contributed by atoms with Gasteiger partial charge in [0, 0.05) is 5.25 Å². The molecule has 1 aliphatic carbocycles. The SMILES string of the molecule is CCCNC1(C#N)CCCC(Sc2ncco2)C1. The molecule has 0 saturated heterocycles. The molecule has 0 aromatic carbocycles. The first-order chi connectivity index (χ1) is 8.78. The summed E-state index contributed by atoms with van der Waals surface area (Å²) < 4.78 is 5.27. The number of hydrogen-bond acceptors (Lipinski definition) is 5. The first kappa shape index (κ1) is 13.4. The monoisotopic (exact) mass is 265 g/mol. The van der Waals surface area contributed by atoms with Crippen LogP contribution in [0, 0.1) is 11.3 Å². The molecule has 0 spiro atoms. The van der Waals surface area contributed by atoms with E-state index in [1.54, 1.807) is 24.2 Å². The van der Waals surface area contributed by atoms with Crippen LogP contribution >= 0.6 is 11.8 Å². The van der Waals surface area contributed by atoms with Crippen molar-refractivity contribution in [1.29, 1.82) is 5.26 Å². The molecule has 0 amide bonds. The molecule has 0 bridgehead atoms. The summed E-state index contributed by atoms with van der Waals surface area (Å²) in [5, 5.41) is 14.0. The van der Waals surface area contributed by atoms with Gasteiger partial charge in [-0.2, -0.15) is 5.26 Å². The lowest BCUT2D eigenvalue weighted by atomic mass is 9.82. The van der Waals surface area contributed by atoms with Gasteiger partial charge in [-0.1, -0.05) is 18.7 Å². The Hall–Kier alpha value is -0.990. The van der Waals surface area contributed by atoms with Crippen molar-refractivity contribution in [3.63, 3.8) is 0 Å². The average molecular weight is 265 g/mol. The zero-order valence-corrected chi connectivity index (χ0v) is 11.5. The van der Waals surface area contributed by atoms with Crippen LogP contribution < -0.4 is 5.32 Å². The van der Waals surface area contributed by atoms with Crippen LogP contribution in [0.15, 0.2) is 22.1 Å². The van der Waals surface area contributed by atoms with Gasteiger partial charge in [-0.05, 0) is 38.6 Å². The van der Waals surface area contributed by atoms with E-state index < -0.39 is 0 Å². The van der Waals surface area contributed by atoms with E-state index in [0.29, 0.717) is 10.5 Å². The number of rotatable bonds is 5. The topological polar surface area (TPSA) is 61.9 Å². The largest absolute Gasteiger partial charge is 0.440 e. The van der Waals surface area contributed by atoms with Gasteiger partial charge < -0.3 is 4.42 Å². The van der Waals surface area contributed by atoms with Crippen molar-refractivity contribution >= 4 is 11.8 Å². The van der Waals surface area contributed by atoms with Crippen LogP contribution in [0.4, 0.5) is 0 Å². The summed E-state index contributed by atoms with van der Waals surface area (Å²) in [7, 11) is 0. The smallest absolute Gasteiger partial charge is 0.255 e. The molecule has 98 valence electrons. The molecule has 1 heterocycles. The van der Waals surface area contributed by atoms with E-state index in [0.717, 1.165) is 38.6 Å². The Kier molecular flexibility index (Phi) is 4.67. The summed E-state index contributed by atoms with van der Waals surface area (Å²) in [4.78, 5) is 4.14. The lowest BCUT2D eigenvalue weighted by Crippen LogP contribution is -2.48. The number of thioether (sulfide) groups is 1. The third-order valence-electron chi connectivity index (χ3n) is 3.31. The van der Waals surface area contributed by atoms with Gasteiger partial charge in [-0.3, -0.25) is 5.32 Å². The molecule has 2 unspecified atom stereocenters. The predicted octanol–water partition coefficient (Wildman–Crippen LogP) is 2.97. The number of oxazole rings is 1. The quantitative estimate of drug-likeness (QED) is 0.886. The minimum atomic E-state index is -0.349. The van der Waals surface area contributed by atoms with Gasteiger partial charge >= 0.3 is 0 Å². The van der Waals surface area contributed by atoms with Crippen molar-refractivity contribution < 1.29 is 4.42 Å². The minimum Gasteiger partial charge on any atom is -0.440 e. The second-order valence-electron chi connectivity index (χ2n) is 4.75. The fraction of sp³-hybridized carbons (Fsp3) is 0.692. The second kappa shape index (κ2) is 6.26. The molecule has 1 aromatic heterocycles. The third kappa shape index (κ3) is 3.27. The van der Waals surface area contributed by atoms with Crippen molar-refractivity contribution in [2.24, 2.45) is 0 Å². The highest BCUT2D eigenvalue weighted by Gasteiger charge is 2.36. The molecule has 1 fully saturated rings. The molecule has 1 N–H and O–H groups in total. The van der Waals surface area contributed by atoms with Crippen LogP contribution in [0.2, 0.25) is 0 Å². The molecule has 5 heteroatoms. The van der Waals surface area contributed by atoms with E-state index in [1.807, 2.05) is 0 Å². The standard InChI is InChI=1S/C13H19N3OS/c1-2-6-16-13(10-14)5-3-4-11(9-13)18-12-15-7-8-17-12/h7-8,11,16H,2-6,9H2,1H3. The molecular weight excluding hydrogens is 246 g/mol. The van der Waals surface area contributed by atoms with E-state index in [-0.39, 0.29) is 5.54 Å². The van der Waals surface area contributed by atoms with Crippen LogP contribution in [0.1, 0.15) is 39.0 Å². The van der Waals surface area contributed by atoms with E-state index >= 15 is 0 Å². The molecule has 0 aliphatic heterocycles. The molecular formula is C13H19N3OS. The predicted molar refractivity (Wildman–Crippen MR) is 71.3 cm³/mol. The van der Waals surface area contributed by atoms with E-state index in [9.17, 15) is 5.26 Å². The molecule has 4 nitrogen and oxygen atoms in total. The zero-order valence-electron chi connectivity index (χ0n) is 10.7. The molecule has 0 radical (unpaired) electrons. The second-order valence-corrected chi connectivity index (χ2v) is 6.01. The Morgan fingerprint density at radius 3 is 3.28 bits per heavy atom. The minimum absolute atomic E-state index is 0.349. The lowest BCUT2D eigenvalue weighted by molar-refractivity contribution is 0.303. The van der Waals surface area contributed by atoms with Gasteiger partial charge in [0.1, 0.15) is 11.8 Å². The summed E-state index contributed by atoms with van der Waals surface area (Å²) in [5.41, 5.74) is -0.349. The number of hydrogen-bond donors (Lipinski definition) is 1. The highest BCUT2D eigenvalue weighted by molar-refractivity contribution is 7.99. The van der Waals surface area contributed by atoms with Gasteiger partial charge in [0.15, 0.2) is 0 Å². The van der Waals surface area contributed by atoms with E-state index in [2.05, 4.69) is 23.3 Å². The highest BCUT2D eigenvalue weighted by Crippen LogP contribution is 2.37. The molecule has 1 aliphatic rings. The first-order valence-electron chi connectivity index (χ1n) is 6.50. The van der Waals surface area contributed by atoms with E-state index in [4.69, 9.17) is 4.42 Å². The number of nitriles is 1. The van der Waals surface area contributed by atoms with Crippen LogP contribution in [0.25, 0.3) is 0 Å². The van der Waals surface area contributed by atoms with Crippen molar-refractivity contribution in [2.75, 3.05) is 6.54 Å². The van der Waals surface area contributed by atoms with Gasteiger partial charge in [0.25, 0.3) is 5.22 Å². The maximum Gasteiger partial charge on any atom is 0.255 e. The lowest BCUT2D eigenvalue weighted by Gasteiger charge is -2.35. The summed E-state index contributed by atoms with van der Waals surface area (Å²) >= 11 is 1.65. The highest BCUT2D eigenvalue weighted by atomic mass is 32.2. The van der Waals surface area contributed by atoms with Gasteiger partial charge in [0.05, 0.1) is 12.3 Å². The Bertz CT molecular complexity index is 401. The van der Waals surface area contributed by atoms with Crippen LogP contribution in [-0.4, -0.2) is 22.3 Å². The van der Waals surface area contributed by atoms with Crippen molar-refractivity contribution in [3.05, 3.63) is 12.5 Å². The first-order valence-corrected chi connectivity index (χ1v) is 7.38. The average Bonchev–Trinajstić information content (AvgIpc) is 2.90. The number of nitrogens with one attached hydrogen (secondary N) is 1. The molecule has 18 heavy (non-hydrogen) atoms. The Morgan fingerprint density at radius 1 is 1.72 bits per heavy atom. The van der Waals surface area contributed by atoms with Gasteiger partial charge in [-0.25, -0.2) is 4.98 Å². The van der Waals surface area contributed by atoms with Crippen LogP contribution in [-0.2, 0) is 0 Å². The summed E-state index contributed by atoms with van der Waals surface area (Å²) in [6.45, 7) is 3.03. The Morgan fingerprint density at radius 2 is 2.61 bits per heavy atom. The zero-order chi connectivity index (χ0) is 12.8. The molecule has 2 atom stereocenters. The normalized spacial score (nSPS) is 27.9. The van der Waals surface area contributed by atoms with Crippen LogP contribution in [0.5, 0.6) is 0 Å². The van der Waals surface area contributed by atoms with Gasteiger partial charge in [0.2, 0.25) is 0 Å². The van der Waals surface area contributed by atoms with Crippen LogP contribution in [0.3, 0.4) is 0 Å². The maximum absolute atomic E-state index is 9.45. The summed E-state index contributed by atoms with van der Waals surface area (Å²) in [6, 6.07) is 2.49.